The molecular formula is C8H18SnZn2. The second kappa shape index (κ2) is 18.0. The fourth-order valence-corrected chi connectivity index (χ4v) is 4.89. The van der Waals surface area contributed by atoms with Crippen molar-refractivity contribution < 1.29 is 39.0 Å². The van der Waals surface area contributed by atoms with Crippen molar-refractivity contribution in [2.75, 3.05) is 0 Å². The number of rotatable bonds is 6. The van der Waals surface area contributed by atoms with Gasteiger partial charge >= 0.3 is 69.5 Å². The summed E-state index contributed by atoms with van der Waals surface area (Å²) in [6.07, 6.45) is 5.84. The Morgan fingerprint density at radius 1 is 0.818 bits per heavy atom. The van der Waals surface area contributed by atoms with E-state index in [1.165, 1.54) is 25.7 Å². The Morgan fingerprint density at radius 3 is 1.45 bits per heavy atom. The van der Waals surface area contributed by atoms with E-state index in [9.17, 15) is 0 Å². The van der Waals surface area contributed by atoms with Crippen molar-refractivity contribution in [3.8, 4) is 0 Å². The van der Waals surface area contributed by atoms with Crippen molar-refractivity contribution >= 4 is 21.1 Å². The van der Waals surface area contributed by atoms with E-state index in [2.05, 4.69) is 13.8 Å². The Hall–Kier alpha value is 2.05. The fourth-order valence-electron chi connectivity index (χ4n) is 0.729. The first kappa shape index (κ1) is 18.8. The predicted molar refractivity (Wildman–Crippen MR) is 45.2 cm³/mol. The summed E-state index contributed by atoms with van der Waals surface area (Å²) in [4.78, 5) is 0. The maximum Gasteiger partial charge on any atom is 0 e. The second-order valence-corrected chi connectivity index (χ2v) is 6.74. The monoisotopic (exact) mass is 362 g/mol. The molecule has 0 N–H and O–H groups in total. The zero-order chi connectivity index (χ0) is 6.95. The molecule has 0 aromatic rings. The van der Waals surface area contributed by atoms with E-state index in [1.54, 1.807) is 8.87 Å². The second-order valence-electron chi connectivity index (χ2n) is 2.46. The molecule has 0 bridgehead atoms. The van der Waals surface area contributed by atoms with Gasteiger partial charge in [0, 0.05) is 39.0 Å². The van der Waals surface area contributed by atoms with Gasteiger partial charge in [0.1, 0.15) is 0 Å². The maximum absolute atomic E-state index is 2.29. The van der Waals surface area contributed by atoms with Gasteiger partial charge < -0.3 is 0 Å². The molecule has 0 aromatic heterocycles. The third kappa shape index (κ3) is 18.8. The van der Waals surface area contributed by atoms with Crippen LogP contribution in [-0.4, -0.2) is 21.1 Å². The molecule has 0 saturated carbocycles. The molecule has 0 nitrogen and oxygen atoms in total. The van der Waals surface area contributed by atoms with Crippen LogP contribution in [0.25, 0.3) is 0 Å². The van der Waals surface area contributed by atoms with Crippen molar-refractivity contribution in [2.24, 2.45) is 0 Å². The summed E-state index contributed by atoms with van der Waals surface area (Å²) in [6, 6.07) is 0. The van der Waals surface area contributed by atoms with Gasteiger partial charge in [-0.3, -0.25) is 0 Å². The summed E-state index contributed by atoms with van der Waals surface area (Å²) in [5, 5.41) is 0. The van der Waals surface area contributed by atoms with E-state index in [0.717, 1.165) is 0 Å². The number of hydrogen-bond acceptors (Lipinski definition) is 0. The molecular weight excluding hydrogens is 346 g/mol. The average Bonchev–Trinajstić information content (AvgIpc) is 1.89. The summed E-state index contributed by atoms with van der Waals surface area (Å²) in [6.45, 7) is 4.58. The van der Waals surface area contributed by atoms with Crippen LogP contribution >= 0.6 is 0 Å². The first-order valence-electron chi connectivity index (χ1n) is 4.12. The van der Waals surface area contributed by atoms with Crippen LogP contribution in [0.4, 0.5) is 0 Å². The third-order valence-electron chi connectivity index (χ3n) is 1.41. The van der Waals surface area contributed by atoms with Crippen LogP contribution in [0.15, 0.2) is 0 Å². The smallest absolute Gasteiger partial charge is 0 e. The predicted octanol–water partition coefficient (Wildman–Crippen LogP) is 3.12. The normalized spacial score (nSPS) is 8.18. The Labute approximate surface area is 107 Å². The van der Waals surface area contributed by atoms with Gasteiger partial charge in [-0.05, 0) is 0 Å². The molecule has 0 spiro atoms. The zero-order valence-corrected chi connectivity index (χ0v) is 16.9. The first-order chi connectivity index (χ1) is 4.41. The molecule has 0 atom stereocenters. The van der Waals surface area contributed by atoms with E-state index in [4.69, 9.17) is 0 Å². The van der Waals surface area contributed by atoms with Crippen LogP contribution in [0.1, 0.15) is 39.5 Å². The minimum Gasteiger partial charge on any atom is 0 e. The Balaban J connectivity index is -0.000000320. The molecule has 0 amide bonds. The minimum absolute atomic E-state index is 0. The zero-order valence-electron chi connectivity index (χ0n) is 8.16. The molecule has 2 radical (unpaired) electrons. The van der Waals surface area contributed by atoms with Crippen LogP contribution < -0.4 is 0 Å². The number of unbranched alkanes of at least 4 members (excludes halogenated alkanes) is 2. The van der Waals surface area contributed by atoms with Gasteiger partial charge in [0.25, 0.3) is 0 Å². The summed E-state index contributed by atoms with van der Waals surface area (Å²) >= 11 is 0.149. The molecule has 0 unspecified atom stereocenters. The summed E-state index contributed by atoms with van der Waals surface area (Å²) < 4.78 is 3.25. The van der Waals surface area contributed by atoms with Crippen molar-refractivity contribution in [1.82, 2.24) is 0 Å². The Morgan fingerprint density at radius 2 is 1.18 bits per heavy atom. The van der Waals surface area contributed by atoms with E-state index < -0.39 is 0 Å². The molecule has 0 heterocycles. The largest absolute Gasteiger partial charge is 0 e. The van der Waals surface area contributed by atoms with Gasteiger partial charge in [0.15, 0.2) is 0 Å². The molecule has 0 saturated heterocycles. The topological polar surface area (TPSA) is 0 Å². The van der Waals surface area contributed by atoms with Gasteiger partial charge in [-0.2, -0.15) is 0 Å². The van der Waals surface area contributed by atoms with Gasteiger partial charge in [-0.1, -0.05) is 0 Å². The third-order valence-corrected chi connectivity index (χ3v) is 5.45. The fraction of sp³-hybridized carbons (Fsp3) is 1.00. The van der Waals surface area contributed by atoms with Gasteiger partial charge in [0.2, 0.25) is 0 Å². The first-order valence-corrected chi connectivity index (χ1v) is 8.16. The van der Waals surface area contributed by atoms with Gasteiger partial charge in [-0.25, -0.2) is 0 Å². The molecule has 0 aromatic carbocycles. The van der Waals surface area contributed by atoms with E-state index in [1.807, 2.05) is 0 Å². The quantitative estimate of drug-likeness (QED) is 0.502. The van der Waals surface area contributed by atoms with Crippen molar-refractivity contribution in [3.05, 3.63) is 0 Å². The Bertz CT molecular complexity index is 45.4. The van der Waals surface area contributed by atoms with E-state index in [0.29, 0.717) is 0 Å². The summed E-state index contributed by atoms with van der Waals surface area (Å²) in [5.74, 6) is 0. The van der Waals surface area contributed by atoms with Gasteiger partial charge in [0.05, 0.1) is 0 Å². The van der Waals surface area contributed by atoms with Crippen LogP contribution in [0.2, 0.25) is 8.87 Å². The van der Waals surface area contributed by atoms with E-state index in [-0.39, 0.29) is 60.1 Å². The molecule has 11 heavy (non-hydrogen) atoms. The average molecular weight is 364 g/mol. The summed E-state index contributed by atoms with van der Waals surface area (Å²) in [7, 11) is 0. The van der Waals surface area contributed by atoms with Crippen molar-refractivity contribution in [1.29, 1.82) is 0 Å². The summed E-state index contributed by atoms with van der Waals surface area (Å²) in [5.41, 5.74) is 0. The molecule has 0 aliphatic rings. The van der Waals surface area contributed by atoms with Crippen LogP contribution in [-0.2, 0) is 39.0 Å². The molecule has 0 fully saturated rings. The van der Waals surface area contributed by atoms with E-state index >= 15 is 0 Å². The van der Waals surface area contributed by atoms with Crippen molar-refractivity contribution in [2.45, 2.75) is 48.4 Å². The van der Waals surface area contributed by atoms with Crippen LogP contribution in [0, 0.1) is 0 Å². The molecule has 58 valence electrons. The standard InChI is InChI=1S/2C4H9.Sn.2Zn/c2*1-3-4-2;;;/h2*1,3-4H2,2H3;;;. The Kier molecular flexibility index (Phi) is 30.6. The van der Waals surface area contributed by atoms with Crippen LogP contribution in [0.3, 0.4) is 0 Å². The minimum atomic E-state index is 0. The molecule has 0 rings (SSSR count). The molecule has 0 aliphatic carbocycles. The number of hydrogen-bond donors (Lipinski definition) is 0. The van der Waals surface area contributed by atoms with Crippen molar-refractivity contribution in [3.63, 3.8) is 0 Å². The van der Waals surface area contributed by atoms with Crippen LogP contribution in [0.5, 0.6) is 0 Å². The maximum atomic E-state index is 2.29. The molecule has 0 aliphatic heterocycles. The van der Waals surface area contributed by atoms with Gasteiger partial charge in [-0.15, -0.1) is 0 Å². The molecule has 3 heteroatoms. The SMILES string of the molecule is CCC[CH2][Sn][CH2]CCC.[Zn].[Zn].